The van der Waals surface area contributed by atoms with Crippen LogP contribution in [0.1, 0.15) is 5.56 Å². The molecule has 0 saturated carbocycles. The summed E-state index contributed by atoms with van der Waals surface area (Å²) in [6.45, 7) is 0. The van der Waals surface area contributed by atoms with Crippen LogP contribution in [0.25, 0.3) is 0 Å². The second-order valence-corrected chi connectivity index (χ2v) is 4.39. The van der Waals surface area contributed by atoms with E-state index in [0.717, 1.165) is 15.8 Å². The number of aromatic nitrogens is 1. The Kier molecular flexibility index (Phi) is 4.30. The molecule has 92 valence electrons. The molecule has 1 N–H and O–H groups in total. The number of anilines is 1. The Morgan fingerprint density at radius 1 is 1.33 bits per heavy atom. The first-order valence-electron chi connectivity index (χ1n) is 5.33. The predicted octanol–water partition coefficient (Wildman–Crippen LogP) is 3.30. The number of hydrogen-bond acceptors (Lipinski definition) is 4. The maximum atomic E-state index is 5.25. The highest BCUT2D eigenvalue weighted by molar-refractivity contribution is 9.10. The van der Waals surface area contributed by atoms with E-state index in [4.69, 9.17) is 4.74 Å². The molecule has 2 rings (SSSR count). The Hall–Kier alpha value is -1.88. The minimum atomic E-state index is 0.697. The summed E-state index contributed by atoms with van der Waals surface area (Å²) in [5, 5.41) is 4.12. The zero-order chi connectivity index (χ0) is 12.8. The van der Waals surface area contributed by atoms with E-state index in [1.54, 1.807) is 19.5 Å². The van der Waals surface area contributed by atoms with E-state index in [1.807, 2.05) is 36.4 Å². The monoisotopic (exact) mass is 305 g/mol. The van der Waals surface area contributed by atoms with Gasteiger partial charge in [-0.1, -0.05) is 22.0 Å². The van der Waals surface area contributed by atoms with Crippen molar-refractivity contribution in [3.8, 4) is 5.75 Å². The maximum absolute atomic E-state index is 5.25. The number of hydrazone groups is 1. The summed E-state index contributed by atoms with van der Waals surface area (Å²) in [6, 6.07) is 11.3. The number of pyridine rings is 1. The first-order valence-corrected chi connectivity index (χ1v) is 6.12. The van der Waals surface area contributed by atoms with Crippen LogP contribution in [-0.2, 0) is 0 Å². The molecule has 0 radical (unpaired) electrons. The molecule has 0 unspecified atom stereocenters. The number of halogens is 1. The normalized spacial score (nSPS) is 10.6. The Morgan fingerprint density at radius 2 is 2.22 bits per heavy atom. The van der Waals surface area contributed by atoms with Crippen molar-refractivity contribution in [2.45, 2.75) is 0 Å². The topological polar surface area (TPSA) is 46.5 Å². The van der Waals surface area contributed by atoms with Gasteiger partial charge in [0, 0.05) is 16.2 Å². The molecule has 0 amide bonds. The summed E-state index contributed by atoms with van der Waals surface area (Å²) >= 11 is 3.41. The third-order valence-electron chi connectivity index (χ3n) is 2.24. The van der Waals surface area contributed by atoms with Crippen LogP contribution in [0, 0.1) is 0 Å². The lowest BCUT2D eigenvalue weighted by Gasteiger charge is -2.04. The van der Waals surface area contributed by atoms with Gasteiger partial charge in [-0.05, 0) is 30.3 Å². The lowest BCUT2D eigenvalue weighted by atomic mass is 10.2. The fraction of sp³-hybridized carbons (Fsp3) is 0.0769. The highest BCUT2D eigenvalue weighted by atomic mass is 79.9. The van der Waals surface area contributed by atoms with E-state index in [1.165, 1.54) is 0 Å². The minimum absolute atomic E-state index is 0.697. The van der Waals surface area contributed by atoms with Crippen LogP contribution in [0.5, 0.6) is 5.75 Å². The molecule has 0 aliphatic carbocycles. The Labute approximate surface area is 114 Å². The van der Waals surface area contributed by atoms with Gasteiger partial charge in [-0.2, -0.15) is 5.10 Å². The minimum Gasteiger partial charge on any atom is -0.496 e. The van der Waals surface area contributed by atoms with E-state index in [0.29, 0.717) is 5.82 Å². The van der Waals surface area contributed by atoms with E-state index in [2.05, 4.69) is 31.4 Å². The number of ether oxygens (including phenoxy) is 1. The molecule has 0 fully saturated rings. The molecular formula is C13H12BrN3O. The summed E-state index contributed by atoms with van der Waals surface area (Å²) in [5.74, 6) is 1.47. The van der Waals surface area contributed by atoms with Gasteiger partial charge in [-0.15, -0.1) is 0 Å². The molecule has 0 atom stereocenters. The molecule has 1 aromatic heterocycles. The van der Waals surface area contributed by atoms with Gasteiger partial charge in [0.15, 0.2) is 0 Å². The predicted molar refractivity (Wildman–Crippen MR) is 76.1 cm³/mol. The molecule has 0 spiro atoms. The smallest absolute Gasteiger partial charge is 0.146 e. The largest absolute Gasteiger partial charge is 0.496 e. The molecule has 0 aliphatic heterocycles. The fourth-order valence-electron chi connectivity index (χ4n) is 1.40. The molecule has 0 aliphatic rings. The number of rotatable bonds is 4. The van der Waals surface area contributed by atoms with Gasteiger partial charge < -0.3 is 4.74 Å². The van der Waals surface area contributed by atoms with Crippen LogP contribution < -0.4 is 10.2 Å². The third kappa shape index (κ3) is 3.30. The van der Waals surface area contributed by atoms with Crippen molar-refractivity contribution in [1.29, 1.82) is 0 Å². The zero-order valence-corrected chi connectivity index (χ0v) is 11.4. The number of hydrogen-bond donors (Lipinski definition) is 1. The standard InChI is InChI=1S/C13H12BrN3O/c1-18-12-6-5-11(14)8-10(12)9-16-17-13-4-2-3-7-15-13/h2-9H,1H3,(H,15,17)/b16-9+. The molecule has 1 heterocycles. The lowest BCUT2D eigenvalue weighted by Crippen LogP contribution is -1.95. The number of benzene rings is 1. The average Bonchev–Trinajstić information content (AvgIpc) is 2.40. The van der Waals surface area contributed by atoms with Crippen molar-refractivity contribution < 1.29 is 4.74 Å². The van der Waals surface area contributed by atoms with Crippen LogP contribution in [0.4, 0.5) is 5.82 Å². The molecule has 18 heavy (non-hydrogen) atoms. The Morgan fingerprint density at radius 3 is 2.94 bits per heavy atom. The molecule has 0 bridgehead atoms. The SMILES string of the molecule is COc1ccc(Br)cc1/C=N/Nc1ccccn1. The van der Waals surface area contributed by atoms with Gasteiger partial charge in [-0.25, -0.2) is 4.98 Å². The van der Waals surface area contributed by atoms with Crippen molar-refractivity contribution in [3.63, 3.8) is 0 Å². The highest BCUT2D eigenvalue weighted by Crippen LogP contribution is 2.21. The number of methoxy groups -OCH3 is 1. The van der Waals surface area contributed by atoms with Gasteiger partial charge in [0.1, 0.15) is 11.6 Å². The van der Waals surface area contributed by atoms with Crippen molar-refractivity contribution in [3.05, 3.63) is 52.6 Å². The molecule has 1 aromatic carbocycles. The van der Waals surface area contributed by atoms with Crippen LogP contribution in [0.3, 0.4) is 0 Å². The fourth-order valence-corrected chi connectivity index (χ4v) is 1.78. The van der Waals surface area contributed by atoms with Crippen molar-refractivity contribution in [2.24, 2.45) is 5.10 Å². The van der Waals surface area contributed by atoms with E-state index in [9.17, 15) is 0 Å². The molecule has 2 aromatic rings. The molecule has 5 heteroatoms. The number of nitrogens with one attached hydrogen (secondary N) is 1. The first-order chi connectivity index (χ1) is 8.79. The van der Waals surface area contributed by atoms with Gasteiger partial charge in [0.25, 0.3) is 0 Å². The first kappa shape index (κ1) is 12.6. The van der Waals surface area contributed by atoms with Gasteiger partial charge >= 0.3 is 0 Å². The van der Waals surface area contributed by atoms with Crippen LogP contribution >= 0.6 is 15.9 Å². The van der Waals surface area contributed by atoms with Crippen LogP contribution in [0.15, 0.2) is 52.2 Å². The van der Waals surface area contributed by atoms with Crippen LogP contribution in [0.2, 0.25) is 0 Å². The maximum Gasteiger partial charge on any atom is 0.146 e. The summed E-state index contributed by atoms with van der Waals surface area (Å²) in [5.41, 5.74) is 3.74. The van der Waals surface area contributed by atoms with E-state index < -0.39 is 0 Å². The lowest BCUT2D eigenvalue weighted by molar-refractivity contribution is 0.414. The van der Waals surface area contributed by atoms with Crippen molar-refractivity contribution in [2.75, 3.05) is 12.5 Å². The second kappa shape index (κ2) is 6.16. The Bertz CT molecular complexity index is 543. The van der Waals surface area contributed by atoms with Gasteiger partial charge in [0.05, 0.1) is 13.3 Å². The second-order valence-electron chi connectivity index (χ2n) is 3.47. The Balaban J connectivity index is 2.11. The van der Waals surface area contributed by atoms with E-state index >= 15 is 0 Å². The number of nitrogens with zero attached hydrogens (tertiary/aromatic N) is 2. The summed E-state index contributed by atoms with van der Waals surface area (Å²) in [6.07, 6.45) is 3.40. The summed E-state index contributed by atoms with van der Waals surface area (Å²) in [4.78, 5) is 4.10. The van der Waals surface area contributed by atoms with Gasteiger partial charge in [-0.3, -0.25) is 5.43 Å². The van der Waals surface area contributed by atoms with Crippen LogP contribution in [-0.4, -0.2) is 18.3 Å². The van der Waals surface area contributed by atoms with E-state index in [-0.39, 0.29) is 0 Å². The average molecular weight is 306 g/mol. The molecule has 4 nitrogen and oxygen atoms in total. The highest BCUT2D eigenvalue weighted by Gasteiger charge is 2.00. The molecule has 0 saturated heterocycles. The zero-order valence-electron chi connectivity index (χ0n) is 9.80. The van der Waals surface area contributed by atoms with Gasteiger partial charge in [0.2, 0.25) is 0 Å². The molecular weight excluding hydrogens is 294 g/mol. The summed E-state index contributed by atoms with van der Waals surface area (Å²) in [7, 11) is 1.63. The van der Waals surface area contributed by atoms with Crippen molar-refractivity contribution in [1.82, 2.24) is 4.98 Å². The summed E-state index contributed by atoms with van der Waals surface area (Å²) < 4.78 is 6.22. The third-order valence-corrected chi connectivity index (χ3v) is 2.73. The van der Waals surface area contributed by atoms with Crippen molar-refractivity contribution >= 4 is 28.0 Å². The quantitative estimate of drug-likeness (QED) is 0.696.